The summed E-state index contributed by atoms with van der Waals surface area (Å²) in [5.41, 5.74) is 0.705. The molecule has 0 aliphatic rings. The summed E-state index contributed by atoms with van der Waals surface area (Å²) in [5.74, 6) is 0.115. The molecule has 0 bridgehead atoms. The van der Waals surface area contributed by atoms with Crippen molar-refractivity contribution in [2.75, 3.05) is 45.3 Å². The maximum absolute atomic E-state index is 11.7. The van der Waals surface area contributed by atoms with Crippen molar-refractivity contribution < 1.29 is 19.2 Å². The first kappa shape index (κ1) is 14.6. The number of rotatable bonds is 8. The summed E-state index contributed by atoms with van der Waals surface area (Å²) in [7, 11) is 1.59. The first-order valence-corrected chi connectivity index (χ1v) is 5.71. The molecule has 0 unspecified atom stereocenters. The Morgan fingerprint density at radius 3 is 2.94 bits per heavy atom. The number of aryl methyl sites for hydroxylation is 1. The Kier molecular flexibility index (Phi) is 6.34. The number of aliphatic hydroxyl groups excluding tert-OH is 1. The standard InChI is InChI=1S/C11H19N3O4/c1-9-7-11(18-13-9)12-10(16)8-14(3-5-15)4-6-17-2/h7,15H,3-6,8H2,1-2H3,(H,12,16). The molecule has 1 aromatic rings. The van der Waals surface area contributed by atoms with Crippen LogP contribution in [0.4, 0.5) is 5.88 Å². The molecule has 0 saturated heterocycles. The Balaban J connectivity index is 2.40. The molecule has 1 heterocycles. The average Bonchev–Trinajstić information content (AvgIpc) is 2.71. The zero-order valence-corrected chi connectivity index (χ0v) is 10.7. The number of anilines is 1. The molecule has 102 valence electrons. The van der Waals surface area contributed by atoms with Crippen LogP contribution in [0.15, 0.2) is 10.6 Å². The van der Waals surface area contributed by atoms with Crippen LogP contribution in [0.2, 0.25) is 0 Å². The molecule has 0 saturated carbocycles. The zero-order valence-electron chi connectivity index (χ0n) is 10.7. The topological polar surface area (TPSA) is 87.8 Å². The number of nitrogens with one attached hydrogen (secondary N) is 1. The third kappa shape index (κ3) is 5.26. The number of nitrogens with zero attached hydrogens (tertiary/aromatic N) is 2. The minimum atomic E-state index is -0.212. The van der Waals surface area contributed by atoms with Crippen molar-refractivity contribution in [2.45, 2.75) is 6.92 Å². The average molecular weight is 257 g/mol. The number of hydrogen-bond donors (Lipinski definition) is 2. The Bertz CT molecular complexity index is 367. The van der Waals surface area contributed by atoms with Crippen molar-refractivity contribution in [1.82, 2.24) is 10.1 Å². The van der Waals surface area contributed by atoms with Crippen molar-refractivity contribution in [3.8, 4) is 0 Å². The summed E-state index contributed by atoms with van der Waals surface area (Å²) in [6.07, 6.45) is 0. The van der Waals surface area contributed by atoms with Gasteiger partial charge < -0.3 is 14.4 Å². The van der Waals surface area contributed by atoms with Crippen LogP contribution in [0, 0.1) is 6.92 Å². The molecule has 7 nitrogen and oxygen atoms in total. The fourth-order valence-corrected chi connectivity index (χ4v) is 1.43. The van der Waals surface area contributed by atoms with Crippen molar-refractivity contribution in [2.24, 2.45) is 0 Å². The van der Waals surface area contributed by atoms with E-state index in [0.29, 0.717) is 31.3 Å². The lowest BCUT2D eigenvalue weighted by atomic mass is 10.4. The predicted octanol–water partition coefficient (Wildman–Crippen LogP) is -0.138. The molecule has 0 aliphatic heterocycles. The smallest absolute Gasteiger partial charge is 0.240 e. The number of hydrogen-bond acceptors (Lipinski definition) is 6. The minimum absolute atomic E-state index is 0.00158. The summed E-state index contributed by atoms with van der Waals surface area (Å²) >= 11 is 0. The second-order valence-electron chi connectivity index (χ2n) is 3.87. The zero-order chi connectivity index (χ0) is 13.4. The van der Waals surface area contributed by atoms with E-state index in [2.05, 4.69) is 10.5 Å². The van der Waals surface area contributed by atoms with Gasteiger partial charge in [0.25, 0.3) is 0 Å². The highest BCUT2D eigenvalue weighted by Crippen LogP contribution is 2.07. The van der Waals surface area contributed by atoms with Crippen LogP contribution in [0.1, 0.15) is 5.69 Å². The van der Waals surface area contributed by atoms with E-state index in [0.717, 1.165) is 0 Å². The van der Waals surface area contributed by atoms with E-state index in [1.54, 1.807) is 25.0 Å². The van der Waals surface area contributed by atoms with Gasteiger partial charge in [0.05, 0.1) is 25.5 Å². The van der Waals surface area contributed by atoms with Crippen LogP contribution in [-0.2, 0) is 9.53 Å². The van der Waals surface area contributed by atoms with E-state index in [1.165, 1.54) is 0 Å². The molecule has 1 aromatic heterocycles. The van der Waals surface area contributed by atoms with Gasteiger partial charge in [0.1, 0.15) is 0 Å². The van der Waals surface area contributed by atoms with E-state index >= 15 is 0 Å². The number of carbonyl (C=O) groups excluding carboxylic acids is 1. The van der Waals surface area contributed by atoms with E-state index in [-0.39, 0.29) is 19.1 Å². The third-order valence-electron chi connectivity index (χ3n) is 2.29. The quantitative estimate of drug-likeness (QED) is 0.674. The van der Waals surface area contributed by atoms with Crippen molar-refractivity contribution >= 4 is 11.8 Å². The van der Waals surface area contributed by atoms with E-state index < -0.39 is 0 Å². The summed E-state index contributed by atoms with van der Waals surface area (Å²) in [4.78, 5) is 13.5. The van der Waals surface area contributed by atoms with Gasteiger partial charge in [-0.1, -0.05) is 5.16 Å². The first-order valence-electron chi connectivity index (χ1n) is 5.71. The van der Waals surface area contributed by atoms with E-state index in [4.69, 9.17) is 14.4 Å². The van der Waals surface area contributed by atoms with Gasteiger partial charge in [0.15, 0.2) is 0 Å². The monoisotopic (exact) mass is 257 g/mol. The molecule has 1 rings (SSSR count). The fraction of sp³-hybridized carbons (Fsp3) is 0.636. The maximum atomic E-state index is 11.7. The van der Waals surface area contributed by atoms with Gasteiger partial charge in [-0.3, -0.25) is 15.0 Å². The highest BCUT2D eigenvalue weighted by atomic mass is 16.5. The normalized spacial score (nSPS) is 10.9. The molecule has 0 fully saturated rings. The van der Waals surface area contributed by atoms with Crippen LogP contribution < -0.4 is 5.32 Å². The summed E-state index contributed by atoms with van der Waals surface area (Å²) < 4.78 is 9.82. The van der Waals surface area contributed by atoms with E-state index in [9.17, 15) is 4.79 Å². The highest BCUT2D eigenvalue weighted by molar-refractivity contribution is 5.90. The van der Waals surface area contributed by atoms with Gasteiger partial charge in [-0.2, -0.15) is 0 Å². The van der Waals surface area contributed by atoms with Crippen LogP contribution in [0.3, 0.4) is 0 Å². The summed E-state index contributed by atoms with van der Waals surface area (Å²) in [6.45, 7) is 3.46. The van der Waals surface area contributed by atoms with Gasteiger partial charge in [0, 0.05) is 26.3 Å². The molecular formula is C11H19N3O4. The van der Waals surface area contributed by atoms with Crippen LogP contribution in [0.5, 0.6) is 0 Å². The molecule has 0 spiro atoms. The van der Waals surface area contributed by atoms with E-state index in [1.807, 2.05) is 0 Å². The Labute approximate surface area is 106 Å². The Morgan fingerprint density at radius 2 is 2.39 bits per heavy atom. The Hall–Kier alpha value is -1.44. The molecule has 2 N–H and O–H groups in total. The van der Waals surface area contributed by atoms with Gasteiger partial charge in [-0.05, 0) is 6.92 Å². The van der Waals surface area contributed by atoms with Crippen molar-refractivity contribution in [3.05, 3.63) is 11.8 Å². The van der Waals surface area contributed by atoms with Gasteiger partial charge >= 0.3 is 0 Å². The lowest BCUT2D eigenvalue weighted by Crippen LogP contribution is -2.37. The molecule has 18 heavy (non-hydrogen) atoms. The highest BCUT2D eigenvalue weighted by Gasteiger charge is 2.12. The van der Waals surface area contributed by atoms with Crippen LogP contribution >= 0.6 is 0 Å². The molecule has 0 aromatic carbocycles. The molecule has 7 heteroatoms. The second-order valence-corrected chi connectivity index (χ2v) is 3.87. The second kappa shape index (κ2) is 7.80. The maximum Gasteiger partial charge on any atom is 0.240 e. The number of aromatic nitrogens is 1. The third-order valence-corrected chi connectivity index (χ3v) is 2.29. The summed E-state index contributed by atoms with van der Waals surface area (Å²) in [6, 6.07) is 1.64. The SMILES string of the molecule is COCCN(CCO)CC(=O)Nc1cc(C)no1. The Morgan fingerprint density at radius 1 is 1.61 bits per heavy atom. The number of carbonyl (C=O) groups is 1. The van der Waals surface area contributed by atoms with Gasteiger partial charge in [-0.15, -0.1) is 0 Å². The van der Waals surface area contributed by atoms with Crippen LogP contribution in [-0.4, -0.2) is 61.0 Å². The van der Waals surface area contributed by atoms with Gasteiger partial charge in [-0.25, -0.2) is 0 Å². The summed E-state index contributed by atoms with van der Waals surface area (Å²) in [5, 5.41) is 15.2. The number of amides is 1. The number of aliphatic hydroxyl groups is 1. The first-order chi connectivity index (χ1) is 8.65. The molecule has 0 aliphatic carbocycles. The van der Waals surface area contributed by atoms with Crippen molar-refractivity contribution in [3.63, 3.8) is 0 Å². The fourth-order valence-electron chi connectivity index (χ4n) is 1.43. The molecule has 1 amide bonds. The lowest BCUT2D eigenvalue weighted by molar-refractivity contribution is -0.117. The minimum Gasteiger partial charge on any atom is -0.395 e. The van der Waals surface area contributed by atoms with Crippen LogP contribution in [0.25, 0.3) is 0 Å². The lowest BCUT2D eigenvalue weighted by Gasteiger charge is -2.19. The van der Waals surface area contributed by atoms with Gasteiger partial charge in [0.2, 0.25) is 11.8 Å². The van der Waals surface area contributed by atoms with Crippen molar-refractivity contribution in [1.29, 1.82) is 0 Å². The molecular weight excluding hydrogens is 238 g/mol. The number of methoxy groups -OCH3 is 1. The predicted molar refractivity (Wildman–Crippen MR) is 65.3 cm³/mol. The largest absolute Gasteiger partial charge is 0.395 e. The number of ether oxygens (including phenoxy) is 1. The molecule has 0 radical (unpaired) electrons. The molecule has 0 atom stereocenters.